The number of para-hydroxylation sites is 1. The van der Waals surface area contributed by atoms with Crippen LogP contribution in [0.15, 0.2) is 30.3 Å². The number of aryl methyl sites for hydroxylation is 1. The van der Waals surface area contributed by atoms with Gasteiger partial charge in [-0.3, -0.25) is 14.9 Å². The highest BCUT2D eigenvalue weighted by atomic mass is 32.1. The first kappa shape index (κ1) is 18.8. The summed E-state index contributed by atoms with van der Waals surface area (Å²) < 4.78 is 4.79. The van der Waals surface area contributed by atoms with Crippen molar-refractivity contribution in [3.63, 3.8) is 0 Å². The van der Waals surface area contributed by atoms with Gasteiger partial charge in [-0.25, -0.2) is 9.78 Å². The number of thiazole rings is 1. The van der Waals surface area contributed by atoms with Crippen LogP contribution in [0.5, 0.6) is 0 Å². The summed E-state index contributed by atoms with van der Waals surface area (Å²) >= 11 is 1.39. The van der Waals surface area contributed by atoms with Gasteiger partial charge in [-0.05, 0) is 25.0 Å². The fourth-order valence-electron chi connectivity index (χ4n) is 2.83. The minimum atomic E-state index is -0.506. The van der Waals surface area contributed by atoms with Gasteiger partial charge in [0.1, 0.15) is 0 Å². The Balaban J connectivity index is 1.48. The fraction of sp³-hybridized carbons (Fsp3) is 0.333. The van der Waals surface area contributed by atoms with E-state index in [0.29, 0.717) is 23.7 Å². The van der Waals surface area contributed by atoms with E-state index < -0.39 is 6.03 Å². The molecule has 1 unspecified atom stereocenters. The van der Waals surface area contributed by atoms with Gasteiger partial charge < -0.3 is 15.4 Å². The van der Waals surface area contributed by atoms with Crippen molar-refractivity contribution < 1.29 is 19.1 Å². The van der Waals surface area contributed by atoms with Crippen LogP contribution in [-0.4, -0.2) is 36.5 Å². The molecule has 1 atom stereocenters. The average molecular weight is 388 g/mol. The number of esters is 1. The lowest BCUT2D eigenvalue weighted by molar-refractivity contribution is -0.145. The number of amides is 3. The number of nitrogens with zero attached hydrogens (tertiary/aromatic N) is 1. The second-order valence-electron chi connectivity index (χ2n) is 6.07. The van der Waals surface area contributed by atoms with E-state index >= 15 is 0 Å². The van der Waals surface area contributed by atoms with Crippen LogP contribution in [0.1, 0.15) is 17.0 Å². The molecule has 0 radical (unpaired) electrons. The van der Waals surface area contributed by atoms with E-state index in [2.05, 4.69) is 20.9 Å². The van der Waals surface area contributed by atoms with Crippen molar-refractivity contribution in [3.8, 4) is 0 Å². The minimum absolute atomic E-state index is 0.157. The van der Waals surface area contributed by atoms with Crippen LogP contribution in [0.2, 0.25) is 0 Å². The molecule has 0 aliphatic heterocycles. The smallest absolute Gasteiger partial charge is 0.321 e. The summed E-state index contributed by atoms with van der Waals surface area (Å²) in [5.74, 6) is -0.742. The van der Waals surface area contributed by atoms with Gasteiger partial charge >= 0.3 is 12.0 Å². The Morgan fingerprint density at radius 3 is 2.74 bits per heavy atom. The topological polar surface area (TPSA) is 109 Å². The Kier molecular flexibility index (Phi) is 6.02. The van der Waals surface area contributed by atoms with E-state index in [4.69, 9.17) is 4.74 Å². The van der Waals surface area contributed by atoms with E-state index in [1.54, 1.807) is 12.1 Å². The summed E-state index contributed by atoms with van der Waals surface area (Å²) in [6.07, 6.45) is 1.96. The highest BCUT2D eigenvalue weighted by Gasteiger charge is 2.28. The van der Waals surface area contributed by atoms with Crippen LogP contribution in [0.3, 0.4) is 0 Å². The van der Waals surface area contributed by atoms with Crippen molar-refractivity contribution >= 4 is 40.1 Å². The molecule has 9 heteroatoms. The summed E-state index contributed by atoms with van der Waals surface area (Å²) in [6.45, 7) is -0.157. The Labute approximate surface area is 160 Å². The first-order valence-corrected chi connectivity index (χ1v) is 9.33. The number of benzene rings is 1. The maximum Gasteiger partial charge on any atom is 0.321 e. The zero-order valence-corrected chi connectivity index (χ0v) is 15.6. The number of rotatable bonds is 5. The fourth-order valence-corrected chi connectivity index (χ4v) is 3.83. The zero-order chi connectivity index (χ0) is 19.2. The molecule has 1 aromatic carbocycles. The molecule has 8 nitrogen and oxygen atoms in total. The van der Waals surface area contributed by atoms with E-state index in [9.17, 15) is 14.4 Å². The quantitative estimate of drug-likeness (QED) is 0.680. The van der Waals surface area contributed by atoms with Crippen LogP contribution in [0, 0.1) is 5.92 Å². The number of hydrogen-bond donors (Lipinski definition) is 3. The minimum Gasteiger partial charge on any atom is -0.469 e. The van der Waals surface area contributed by atoms with Crippen molar-refractivity contribution in [2.24, 2.45) is 5.92 Å². The number of hydrogen-bond acceptors (Lipinski definition) is 6. The van der Waals surface area contributed by atoms with Crippen molar-refractivity contribution in [1.82, 2.24) is 10.3 Å². The van der Waals surface area contributed by atoms with Gasteiger partial charge in [-0.15, -0.1) is 11.3 Å². The standard InChI is InChI=1S/C18H20N4O4S/c1-26-16(24)11-7-8-14-13(9-11)21-18(27-14)22-17(25)19-10-15(23)20-12-5-3-2-4-6-12/h2-6,11H,7-10H2,1H3,(H,20,23)(H2,19,21,22,25). The summed E-state index contributed by atoms with van der Waals surface area (Å²) in [5.41, 5.74) is 1.48. The lowest BCUT2D eigenvalue weighted by atomic mass is 9.91. The molecular formula is C18H20N4O4S. The molecular weight excluding hydrogens is 368 g/mol. The average Bonchev–Trinajstić information content (AvgIpc) is 3.07. The van der Waals surface area contributed by atoms with Crippen LogP contribution in [0.4, 0.5) is 15.6 Å². The molecule has 142 valence electrons. The third kappa shape index (κ3) is 5.04. The van der Waals surface area contributed by atoms with E-state index in [-0.39, 0.29) is 24.3 Å². The van der Waals surface area contributed by atoms with E-state index in [0.717, 1.165) is 17.0 Å². The molecule has 0 saturated carbocycles. The van der Waals surface area contributed by atoms with Gasteiger partial charge in [-0.2, -0.15) is 0 Å². The summed E-state index contributed by atoms with van der Waals surface area (Å²) in [5, 5.41) is 8.27. The maximum atomic E-state index is 12.0. The first-order chi connectivity index (χ1) is 13.0. The van der Waals surface area contributed by atoms with Crippen LogP contribution < -0.4 is 16.0 Å². The summed E-state index contributed by atoms with van der Waals surface area (Å²) in [6, 6.07) is 8.49. The van der Waals surface area contributed by atoms with Crippen LogP contribution >= 0.6 is 11.3 Å². The van der Waals surface area contributed by atoms with Gasteiger partial charge in [0.15, 0.2) is 5.13 Å². The molecule has 0 bridgehead atoms. The number of fused-ring (bicyclic) bond motifs is 1. The van der Waals surface area contributed by atoms with Crippen molar-refractivity contribution in [3.05, 3.63) is 40.9 Å². The van der Waals surface area contributed by atoms with Crippen LogP contribution in [0.25, 0.3) is 0 Å². The summed E-state index contributed by atoms with van der Waals surface area (Å²) in [7, 11) is 1.38. The molecule has 0 spiro atoms. The lowest BCUT2D eigenvalue weighted by Crippen LogP contribution is -2.35. The van der Waals surface area contributed by atoms with E-state index in [1.165, 1.54) is 18.4 Å². The highest BCUT2D eigenvalue weighted by molar-refractivity contribution is 7.15. The molecule has 3 rings (SSSR count). The predicted octanol–water partition coefficient (Wildman–Crippen LogP) is 2.18. The number of carbonyl (C=O) groups is 3. The zero-order valence-electron chi connectivity index (χ0n) is 14.8. The molecule has 3 N–H and O–H groups in total. The molecule has 0 saturated heterocycles. The number of aromatic nitrogens is 1. The van der Waals surface area contributed by atoms with Gasteiger partial charge in [0.05, 0.1) is 25.3 Å². The van der Waals surface area contributed by atoms with E-state index in [1.807, 2.05) is 18.2 Å². The Morgan fingerprint density at radius 2 is 2.00 bits per heavy atom. The SMILES string of the molecule is COC(=O)C1CCc2sc(NC(=O)NCC(=O)Nc3ccccc3)nc2C1. The molecule has 3 amide bonds. The maximum absolute atomic E-state index is 12.0. The van der Waals surface area contributed by atoms with Crippen molar-refractivity contribution in [2.45, 2.75) is 19.3 Å². The Bertz CT molecular complexity index is 837. The molecule has 1 aliphatic carbocycles. The van der Waals surface area contributed by atoms with Gasteiger partial charge in [0, 0.05) is 17.0 Å². The number of carbonyl (C=O) groups excluding carboxylic acids is 3. The number of anilines is 2. The first-order valence-electron chi connectivity index (χ1n) is 8.51. The van der Waals surface area contributed by atoms with Crippen molar-refractivity contribution in [1.29, 1.82) is 0 Å². The third-order valence-electron chi connectivity index (χ3n) is 4.16. The molecule has 1 aliphatic rings. The predicted molar refractivity (Wildman–Crippen MR) is 102 cm³/mol. The largest absolute Gasteiger partial charge is 0.469 e. The molecule has 1 heterocycles. The molecule has 1 aromatic heterocycles. The van der Waals surface area contributed by atoms with Gasteiger partial charge in [-0.1, -0.05) is 18.2 Å². The Hall–Kier alpha value is -2.94. The number of nitrogens with one attached hydrogen (secondary N) is 3. The normalized spacial score (nSPS) is 15.4. The van der Waals surface area contributed by atoms with Gasteiger partial charge in [0.25, 0.3) is 0 Å². The Morgan fingerprint density at radius 1 is 1.22 bits per heavy atom. The van der Waals surface area contributed by atoms with Crippen molar-refractivity contribution in [2.75, 3.05) is 24.3 Å². The number of methoxy groups -OCH3 is 1. The molecule has 2 aromatic rings. The van der Waals surface area contributed by atoms with Gasteiger partial charge in [0.2, 0.25) is 5.91 Å². The molecule has 27 heavy (non-hydrogen) atoms. The summed E-state index contributed by atoms with van der Waals surface area (Å²) in [4.78, 5) is 41.0. The van der Waals surface area contributed by atoms with Crippen LogP contribution in [-0.2, 0) is 27.2 Å². The monoisotopic (exact) mass is 388 g/mol. The second-order valence-corrected chi connectivity index (χ2v) is 7.16. The second kappa shape index (κ2) is 8.63. The molecule has 0 fully saturated rings. The highest BCUT2D eigenvalue weighted by Crippen LogP contribution is 2.32. The number of urea groups is 1. The number of ether oxygens (including phenoxy) is 1. The third-order valence-corrected chi connectivity index (χ3v) is 5.23. The lowest BCUT2D eigenvalue weighted by Gasteiger charge is -2.18.